The van der Waals surface area contributed by atoms with Crippen LogP contribution >= 0.6 is 0 Å². The van der Waals surface area contributed by atoms with Crippen molar-refractivity contribution < 1.29 is 18.8 Å². The lowest BCUT2D eigenvalue weighted by molar-refractivity contribution is 0.0631. The van der Waals surface area contributed by atoms with Gasteiger partial charge in [-0.3, -0.25) is 19.3 Å². The van der Waals surface area contributed by atoms with Crippen molar-refractivity contribution in [3.8, 4) is 11.4 Å². The number of rotatable bonds is 5. The molecule has 0 unspecified atom stereocenters. The molecule has 2 aromatic heterocycles. The topological polar surface area (TPSA) is 105 Å². The molecule has 0 aliphatic carbocycles. The van der Waals surface area contributed by atoms with E-state index >= 15 is 0 Å². The normalized spacial score (nSPS) is 12.7. The minimum Gasteiger partial charge on any atom is -0.467 e. The van der Waals surface area contributed by atoms with E-state index in [4.69, 9.17) is 4.42 Å². The van der Waals surface area contributed by atoms with Crippen LogP contribution in [0.2, 0.25) is 0 Å². The van der Waals surface area contributed by atoms with Crippen molar-refractivity contribution in [2.45, 2.75) is 6.54 Å². The van der Waals surface area contributed by atoms with Gasteiger partial charge in [-0.05, 0) is 30.3 Å². The third kappa shape index (κ3) is 3.54. The SMILES string of the molecule is O=C(Nc1cnc(-c2ccccc2)nc1)c1ccc2c(c1)C(=O)N(Cc1ccco1)C2=O. The molecule has 2 aromatic carbocycles. The molecule has 0 saturated carbocycles. The number of nitrogens with zero attached hydrogens (tertiary/aromatic N) is 3. The van der Waals surface area contributed by atoms with Crippen LogP contribution in [-0.2, 0) is 6.54 Å². The Hall–Kier alpha value is -4.59. The Labute approximate surface area is 182 Å². The number of furan rings is 1. The minimum atomic E-state index is -0.466. The largest absolute Gasteiger partial charge is 0.467 e. The van der Waals surface area contributed by atoms with Gasteiger partial charge in [0.2, 0.25) is 0 Å². The molecule has 0 atom stereocenters. The fourth-order valence-corrected chi connectivity index (χ4v) is 3.47. The number of nitrogens with one attached hydrogen (secondary N) is 1. The predicted molar refractivity (Wildman–Crippen MR) is 115 cm³/mol. The van der Waals surface area contributed by atoms with Gasteiger partial charge in [-0.1, -0.05) is 30.3 Å². The van der Waals surface area contributed by atoms with E-state index in [-0.39, 0.29) is 23.2 Å². The highest BCUT2D eigenvalue weighted by molar-refractivity contribution is 6.22. The van der Waals surface area contributed by atoms with E-state index < -0.39 is 17.7 Å². The summed E-state index contributed by atoms with van der Waals surface area (Å²) in [6.45, 7) is 0.0337. The molecule has 8 heteroatoms. The Morgan fingerprint density at radius 3 is 2.38 bits per heavy atom. The van der Waals surface area contributed by atoms with Gasteiger partial charge in [-0.15, -0.1) is 0 Å². The molecular formula is C24H16N4O4. The molecule has 8 nitrogen and oxygen atoms in total. The van der Waals surface area contributed by atoms with Crippen LogP contribution in [0.1, 0.15) is 36.8 Å². The molecule has 0 saturated heterocycles. The van der Waals surface area contributed by atoms with E-state index in [9.17, 15) is 14.4 Å². The first kappa shape index (κ1) is 19.4. The van der Waals surface area contributed by atoms with Crippen molar-refractivity contribution in [3.05, 3.63) is 102 Å². The molecule has 32 heavy (non-hydrogen) atoms. The number of carbonyl (C=O) groups is 3. The van der Waals surface area contributed by atoms with Crippen molar-refractivity contribution in [1.82, 2.24) is 14.9 Å². The maximum atomic E-state index is 12.8. The summed E-state index contributed by atoms with van der Waals surface area (Å²) in [5.41, 5.74) is 1.97. The molecule has 1 N–H and O–H groups in total. The molecule has 1 aliphatic heterocycles. The Morgan fingerprint density at radius 1 is 0.906 bits per heavy atom. The van der Waals surface area contributed by atoms with Gasteiger partial charge in [0.25, 0.3) is 17.7 Å². The van der Waals surface area contributed by atoms with E-state index in [2.05, 4.69) is 15.3 Å². The molecule has 4 aromatic rings. The van der Waals surface area contributed by atoms with Crippen LogP contribution in [-0.4, -0.2) is 32.6 Å². The zero-order valence-electron chi connectivity index (χ0n) is 16.7. The van der Waals surface area contributed by atoms with E-state index in [1.165, 1.54) is 36.9 Å². The monoisotopic (exact) mass is 424 g/mol. The molecule has 0 radical (unpaired) electrons. The molecule has 3 amide bonds. The highest BCUT2D eigenvalue weighted by atomic mass is 16.3. The second-order valence-electron chi connectivity index (χ2n) is 7.15. The van der Waals surface area contributed by atoms with Gasteiger partial charge < -0.3 is 9.73 Å². The molecular weight excluding hydrogens is 408 g/mol. The van der Waals surface area contributed by atoms with Gasteiger partial charge in [-0.2, -0.15) is 0 Å². The zero-order chi connectivity index (χ0) is 22.1. The predicted octanol–water partition coefficient (Wildman–Crippen LogP) is 3.79. The quantitative estimate of drug-likeness (QED) is 0.489. The lowest BCUT2D eigenvalue weighted by Gasteiger charge is -2.11. The van der Waals surface area contributed by atoms with Crippen molar-refractivity contribution in [2.24, 2.45) is 0 Å². The van der Waals surface area contributed by atoms with Gasteiger partial charge in [0.1, 0.15) is 5.76 Å². The number of benzene rings is 2. The lowest BCUT2D eigenvalue weighted by atomic mass is 10.1. The van der Waals surface area contributed by atoms with Crippen LogP contribution in [0, 0.1) is 0 Å². The van der Waals surface area contributed by atoms with Crippen LogP contribution in [0.4, 0.5) is 5.69 Å². The fourth-order valence-electron chi connectivity index (χ4n) is 3.47. The van der Waals surface area contributed by atoms with Crippen molar-refractivity contribution in [3.63, 3.8) is 0 Å². The van der Waals surface area contributed by atoms with Crippen molar-refractivity contribution >= 4 is 23.4 Å². The number of imide groups is 1. The van der Waals surface area contributed by atoms with Crippen molar-refractivity contribution in [2.75, 3.05) is 5.32 Å². The molecule has 3 heterocycles. The lowest BCUT2D eigenvalue weighted by Crippen LogP contribution is -2.28. The van der Waals surface area contributed by atoms with Crippen molar-refractivity contribution in [1.29, 1.82) is 0 Å². The Morgan fingerprint density at radius 2 is 1.66 bits per heavy atom. The van der Waals surface area contributed by atoms with Gasteiger partial charge >= 0.3 is 0 Å². The van der Waals surface area contributed by atoms with Crippen LogP contribution in [0.15, 0.2) is 83.7 Å². The number of carbonyl (C=O) groups excluding carboxylic acids is 3. The fraction of sp³-hybridized carbons (Fsp3) is 0.0417. The number of aromatic nitrogens is 2. The van der Waals surface area contributed by atoms with Gasteiger partial charge in [0.15, 0.2) is 5.82 Å². The third-order valence-corrected chi connectivity index (χ3v) is 5.07. The Bertz CT molecular complexity index is 1320. The maximum Gasteiger partial charge on any atom is 0.261 e. The summed E-state index contributed by atoms with van der Waals surface area (Å²) >= 11 is 0. The van der Waals surface area contributed by atoms with Gasteiger partial charge in [-0.25, -0.2) is 9.97 Å². The summed E-state index contributed by atoms with van der Waals surface area (Å²) in [5.74, 6) is -0.281. The highest BCUT2D eigenvalue weighted by Crippen LogP contribution is 2.26. The average Bonchev–Trinajstić information content (AvgIpc) is 3.43. The van der Waals surface area contributed by atoms with Gasteiger partial charge in [0.05, 0.1) is 42.0 Å². The standard InChI is InChI=1S/C24H16N4O4/c29-22(27-17-12-25-21(26-13-17)15-5-2-1-3-6-15)16-8-9-19-20(11-16)24(31)28(23(19)30)14-18-7-4-10-32-18/h1-13H,14H2,(H,27,29). The maximum absolute atomic E-state index is 12.8. The van der Waals surface area contributed by atoms with Gasteiger partial charge in [0, 0.05) is 11.1 Å². The zero-order valence-corrected chi connectivity index (χ0v) is 16.7. The van der Waals surface area contributed by atoms with Crippen LogP contribution in [0.3, 0.4) is 0 Å². The number of anilines is 1. The summed E-state index contributed by atoms with van der Waals surface area (Å²) in [5, 5.41) is 2.71. The molecule has 0 fully saturated rings. The summed E-state index contributed by atoms with van der Waals surface area (Å²) in [4.78, 5) is 47.7. The summed E-state index contributed by atoms with van der Waals surface area (Å²) in [6, 6.07) is 17.3. The third-order valence-electron chi connectivity index (χ3n) is 5.07. The number of hydrogen-bond acceptors (Lipinski definition) is 6. The number of amides is 3. The Kier molecular flexibility index (Phi) is 4.79. The second-order valence-corrected chi connectivity index (χ2v) is 7.15. The number of hydrogen-bond donors (Lipinski definition) is 1. The van der Waals surface area contributed by atoms with E-state index in [1.54, 1.807) is 12.1 Å². The number of fused-ring (bicyclic) bond motifs is 1. The smallest absolute Gasteiger partial charge is 0.261 e. The van der Waals surface area contributed by atoms with E-state index in [0.717, 1.165) is 10.5 Å². The first-order valence-corrected chi connectivity index (χ1v) is 9.81. The molecule has 1 aliphatic rings. The summed E-state index contributed by atoms with van der Waals surface area (Å²) in [6.07, 6.45) is 4.51. The van der Waals surface area contributed by atoms with Crippen LogP contribution in [0.5, 0.6) is 0 Å². The summed E-state index contributed by atoms with van der Waals surface area (Å²) < 4.78 is 5.23. The highest BCUT2D eigenvalue weighted by Gasteiger charge is 2.36. The minimum absolute atomic E-state index is 0.0337. The first-order chi connectivity index (χ1) is 15.6. The Balaban J connectivity index is 1.32. The first-order valence-electron chi connectivity index (χ1n) is 9.81. The van der Waals surface area contributed by atoms with Crippen LogP contribution < -0.4 is 5.32 Å². The van der Waals surface area contributed by atoms with E-state index in [1.807, 2.05) is 30.3 Å². The molecule has 0 spiro atoms. The molecule has 0 bridgehead atoms. The molecule has 156 valence electrons. The summed E-state index contributed by atoms with van der Waals surface area (Å²) in [7, 11) is 0. The van der Waals surface area contributed by atoms with Crippen LogP contribution in [0.25, 0.3) is 11.4 Å². The average molecular weight is 424 g/mol. The second kappa shape index (κ2) is 7.92. The molecule has 5 rings (SSSR count). The van der Waals surface area contributed by atoms with E-state index in [0.29, 0.717) is 17.3 Å².